The van der Waals surface area contributed by atoms with Crippen LogP contribution in [0.3, 0.4) is 0 Å². The summed E-state index contributed by atoms with van der Waals surface area (Å²) in [5, 5.41) is 15.8. The molecule has 0 unspecified atom stereocenters. The van der Waals surface area contributed by atoms with E-state index in [4.69, 9.17) is 5.14 Å². The van der Waals surface area contributed by atoms with E-state index in [1.165, 1.54) is 19.3 Å². The van der Waals surface area contributed by atoms with Crippen molar-refractivity contribution in [1.82, 2.24) is 4.98 Å². The zero-order chi connectivity index (χ0) is 12.5. The summed E-state index contributed by atoms with van der Waals surface area (Å²) >= 11 is 0. The highest BCUT2D eigenvalue weighted by molar-refractivity contribution is 7.89. The smallest absolute Gasteiger partial charge is 0.215 e. The molecule has 0 aliphatic heterocycles. The van der Waals surface area contributed by atoms with Crippen LogP contribution < -0.4 is 9.87 Å². The van der Waals surface area contributed by atoms with Gasteiger partial charge in [0.1, 0.15) is 5.69 Å². The molecule has 0 aliphatic carbocycles. The molecule has 0 aliphatic rings. The highest BCUT2D eigenvalue weighted by Crippen LogP contribution is 2.19. The Hall–Kier alpha value is -1.21. The summed E-state index contributed by atoms with van der Waals surface area (Å²) < 4.78 is 23.0. The van der Waals surface area contributed by atoms with Crippen LogP contribution in [-0.2, 0) is 10.0 Å². The maximum atomic E-state index is 11.6. The third-order valence-electron chi connectivity index (χ3n) is 2.65. The first-order valence-corrected chi connectivity index (χ1v) is 6.41. The lowest BCUT2D eigenvalue weighted by Crippen LogP contribution is -2.39. The quantitative estimate of drug-likeness (QED) is 0.589. The molecule has 0 aromatic carbocycles. The van der Waals surface area contributed by atoms with Gasteiger partial charge in [-0.25, -0.2) is 18.5 Å². The van der Waals surface area contributed by atoms with E-state index in [1.54, 1.807) is 13.8 Å². The average molecular weight is 245 g/mol. The minimum Gasteiger partial charge on any atom is -0.618 e. The molecule has 1 aromatic rings. The van der Waals surface area contributed by atoms with Crippen LogP contribution in [0.4, 0.5) is 0 Å². The van der Waals surface area contributed by atoms with Crippen LogP contribution in [-0.4, -0.2) is 18.7 Å². The molecule has 0 saturated carbocycles. The molecule has 1 heterocycles. The van der Waals surface area contributed by atoms with Gasteiger partial charge >= 0.3 is 0 Å². The van der Waals surface area contributed by atoms with Crippen LogP contribution in [0.2, 0.25) is 0 Å². The van der Waals surface area contributed by atoms with Gasteiger partial charge in [0.15, 0.2) is 0 Å². The molecule has 1 aromatic heterocycles. The second kappa shape index (κ2) is 4.34. The number of hydrogen-bond donors (Lipinski definition) is 1. The minimum absolute atomic E-state index is 0.298. The van der Waals surface area contributed by atoms with Gasteiger partial charge in [-0.2, -0.15) is 4.73 Å². The molecule has 1 rings (SSSR count). The summed E-state index contributed by atoms with van der Waals surface area (Å²) in [6.07, 6.45) is 2.69. The largest absolute Gasteiger partial charge is 0.618 e. The molecule has 2 N–H and O–H groups in total. The van der Waals surface area contributed by atoms with Gasteiger partial charge in [0.05, 0.1) is 17.4 Å². The molecule has 0 saturated heterocycles. The Morgan fingerprint density at radius 1 is 1.50 bits per heavy atom. The third-order valence-corrected chi connectivity index (χ3v) is 4.09. The van der Waals surface area contributed by atoms with Gasteiger partial charge in [0, 0.05) is 0 Å². The number of nitrogens with two attached hydrogens (primary N) is 1. The van der Waals surface area contributed by atoms with Gasteiger partial charge in [0.2, 0.25) is 21.9 Å². The average Bonchev–Trinajstić information content (AvgIpc) is 2.14. The number of aryl methyl sites for hydroxylation is 1. The SMILES string of the molecule is Cc1c[n+]([O-])c([C@H](C)[C@@H](C)S(N)(=O)=O)cn1. The zero-order valence-corrected chi connectivity index (χ0v) is 10.2. The highest BCUT2D eigenvalue weighted by atomic mass is 32.2. The molecule has 6 nitrogen and oxygen atoms in total. The lowest BCUT2D eigenvalue weighted by molar-refractivity contribution is -0.616. The minimum atomic E-state index is -3.66. The molecule has 0 fully saturated rings. The number of hydrogen-bond acceptors (Lipinski definition) is 4. The van der Waals surface area contributed by atoms with Crippen molar-refractivity contribution in [2.24, 2.45) is 5.14 Å². The Balaban J connectivity index is 3.10. The Kier molecular flexibility index (Phi) is 3.49. The number of nitrogens with zero attached hydrogens (tertiary/aromatic N) is 2. The maximum Gasteiger partial charge on any atom is 0.215 e. The van der Waals surface area contributed by atoms with E-state index >= 15 is 0 Å². The summed E-state index contributed by atoms with van der Waals surface area (Å²) in [6.45, 7) is 4.79. The first-order chi connectivity index (χ1) is 7.23. The summed E-state index contributed by atoms with van der Waals surface area (Å²) in [7, 11) is -3.66. The fraction of sp³-hybridized carbons (Fsp3) is 0.556. The summed E-state index contributed by atoms with van der Waals surface area (Å²) in [4.78, 5) is 3.97. The van der Waals surface area contributed by atoms with Gasteiger partial charge < -0.3 is 5.21 Å². The van der Waals surface area contributed by atoms with E-state index in [9.17, 15) is 13.6 Å². The first-order valence-electron chi connectivity index (χ1n) is 4.80. The Labute approximate surface area is 94.8 Å². The topological polar surface area (TPSA) is 100.0 Å². The molecule has 0 spiro atoms. The number of rotatable bonds is 3. The van der Waals surface area contributed by atoms with E-state index < -0.39 is 21.2 Å². The van der Waals surface area contributed by atoms with Gasteiger partial charge in [-0.3, -0.25) is 0 Å². The van der Waals surface area contributed by atoms with Crippen molar-refractivity contribution in [2.75, 3.05) is 0 Å². The lowest BCUT2D eigenvalue weighted by Gasteiger charge is -2.16. The number of primary sulfonamides is 1. The second-order valence-corrected chi connectivity index (χ2v) is 5.78. The van der Waals surface area contributed by atoms with E-state index in [2.05, 4.69) is 4.98 Å². The summed E-state index contributed by atoms with van der Waals surface area (Å²) in [5.41, 5.74) is 0.876. The number of aromatic nitrogens is 2. The van der Waals surface area contributed by atoms with Crippen molar-refractivity contribution in [1.29, 1.82) is 0 Å². The normalized spacial score (nSPS) is 15.8. The van der Waals surface area contributed by atoms with Crippen molar-refractivity contribution in [3.8, 4) is 0 Å². The summed E-state index contributed by atoms with van der Waals surface area (Å²) in [6, 6.07) is 0. The van der Waals surface area contributed by atoms with Crippen LogP contribution in [0.15, 0.2) is 12.4 Å². The molecule has 0 amide bonds. The predicted molar refractivity (Wildman–Crippen MR) is 58.9 cm³/mol. The van der Waals surface area contributed by atoms with Crippen LogP contribution in [0.1, 0.15) is 31.2 Å². The van der Waals surface area contributed by atoms with Crippen LogP contribution in [0.5, 0.6) is 0 Å². The molecule has 0 bridgehead atoms. The first kappa shape index (κ1) is 12.9. The van der Waals surface area contributed by atoms with Crippen molar-refractivity contribution in [3.63, 3.8) is 0 Å². The van der Waals surface area contributed by atoms with Crippen LogP contribution in [0.25, 0.3) is 0 Å². The molecular formula is C9H15N3O3S. The fourth-order valence-corrected chi connectivity index (χ4v) is 2.05. The Morgan fingerprint density at radius 2 is 2.06 bits per heavy atom. The molecule has 7 heteroatoms. The highest BCUT2D eigenvalue weighted by Gasteiger charge is 2.29. The maximum absolute atomic E-state index is 11.6. The van der Waals surface area contributed by atoms with Gasteiger partial charge in [-0.15, -0.1) is 0 Å². The fourth-order valence-electron chi connectivity index (χ4n) is 1.35. The lowest BCUT2D eigenvalue weighted by atomic mass is 10.1. The van der Waals surface area contributed by atoms with Crippen molar-refractivity contribution in [2.45, 2.75) is 31.9 Å². The molecular weight excluding hydrogens is 230 g/mol. The van der Waals surface area contributed by atoms with Gasteiger partial charge in [-0.05, 0) is 13.8 Å². The van der Waals surface area contributed by atoms with Crippen molar-refractivity contribution in [3.05, 3.63) is 29.0 Å². The number of sulfonamides is 1. The van der Waals surface area contributed by atoms with E-state index in [1.807, 2.05) is 0 Å². The standard InChI is InChI=1S/C9H15N3O3S/c1-6-5-12(13)9(4-11-6)7(2)8(3)16(10,14)15/h4-5,7-8H,1-3H3,(H2,10,14,15)/t7-,8-/m1/s1. The van der Waals surface area contributed by atoms with Gasteiger partial charge in [-0.1, -0.05) is 6.92 Å². The molecule has 2 atom stereocenters. The Bertz CT molecular complexity index is 487. The van der Waals surface area contributed by atoms with Gasteiger partial charge in [0.25, 0.3) is 0 Å². The van der Waals surface area contributed by atoms with Crippen LogP contribution in [0, 0.1) is 12.1 Å². The predicted octanol–water partition coefficient (Wildman–Crippen LogP) is -0.196. The van der Waals surface area contributed by atoms with E-state index in [-0.39, 0.29) is 0 Å². The van der Waals surface area contributed by atoms with Crippen molar-refractivity contribution >= 4 is 10.0 Å². The van der Waals surface area contributed by atoms with E-state index in [0.717, 1.165) is 0 Å². The monoisotopic (exact) mass is 245 g/mol. The molecule has 16 heavy (non-hydrogen) atoms. The molecule has 90 valence electrons. The molecule has 0 radical (unpaired) electrons. The Morgan fingerprint density at radius 3 is 2.50 bits per heavy atom. The second-order valence-electron chi connectivity index (χ2n) is 3.86. The third kappa shape index (κ3) is 2.67. The zero-order valence-electron chi connectivity index (χ0n) is 9.41. The van der Waals surface area contributed by atoms with E-state index in [0.29, 0.717) is 16.1 Å². The van der Waals surface area contributed by atoms with Crippen LogP contribution >= 0.6 is 0 Å². The summed E-state index contributed by atoms with van der Waals surface area (Å²) in [5.74, 6) is -0.499. The van der Waals surface area contributed by atoms with Crippen molar-refractivity contribution < 1.29 is 13.1 Å².